The number of ether oxygens (including phenoxy) is 3. The predicted molar refractivity (Wildman–Crippen MR) is 93.7 cm³/mol. The molecule has 0 radical (unpaired) electrons. The lowest BCUT2D eigenvalue weighted by molar-refractivity contribution is 0.184. The number of hydrogen-bond acceptors (Lipinski definition) is 5. The third-order valence-electron chi connectivity index (χ3n) is 3.80. The van der Waals surface area contributed by atoms with Crippen LogP contribution in [0.5, 0.6) is 17.2 Å². The van der Waals surface area contributed by atoms with Gasteiger partial charge in [0.25, 0.3) is 0 Å². The average molecular weight is 331 g/mol. The molecule has 0 saturated carbocycles. The summed E-state index contributed by atoms with van der Waals surface area (Å²) in [5, 5.41) is 9.37. The molecule has 0 amide bonds. The van der Waals surface area contributed by atoms with Gasteiger partial charge in [-0.15, -0.1) is 0 Å². The Morgan fingerprint density at radius 3 is 1.92 bits per heavy atom. The van der Waals surface area contributed by atoms with Gasteiger partial charge in [0, 0.05) is 19.6 Å². The van der Waals surface area contributed by atoms with E-state index >= 15 is 0 Å². The monoisotopic (exact) mass is 331 g/mol. The van der Waals surface area contributed by atoms with Gasteiger partial charge in [0.15, 0.2) is 11.5 Å². The molecule has 0 atom stereocenters. The van der Waals surface area contributed by atoms with Crippen LogP contribution in [-0.2, 0) is 13.1 Å². The number of rotatable bonds is 9. The maximum atomic E-state index is 9.37. The highest BCUT2D eigenvalue weighted by Gasteiger charge is 2.15. The van der Waals surface area contributed by atoms with Crippen LogP contribution in [0, 0.1) is 0 Å². The molecule has 0 saturated heterocycles. The van der Waals surface area contributed by atoms with E-state index in [-0.39, 0.29) is 6.61 Å². The van der Waals surface area contributed by atoms with Crippen molar-refractivity contribution in [2.45, 2.75) is 13.1 Å². The first-order valence-corrected chi connectivity index (χ1v) is 7.87. The predicted octanol–water partition coefficient (Wildman–Crippen LogP) is 2.71. The zero-order valence-corrected chi connectivity index (χ0v) is 14.5. The van der Waals surface area contributed by atoms with E-state index in [1.807, 2.05) is 30.3 Å². The van der Waals surface area contributed by atoms with Crippen LogP contribution in [0.25, 0.3) is 0 Å². The highest BCUT2D eigenvalue weighted by atomic mass is 16.5. The third-order valence-corrected chi connectivity index (χ3v) is 3.80. The van der Waals surface area contributed by atoms with Gasteiger partial charge < -0.3 is 19.3 Å². The maximum absolute atomic E-state index is 9.37. The minimum Gasteiger partial charge on any atom is -0.493 e. The van der Waals surface area contributed by atoms with Crippen molar-refractivity contribution in [1.82, 2.24) is 4.90 Å². The Balaban J connectivity index is 2.22. The first-order valence-electron chi connectivity index (χ1n) is 7.87. The van der Waals surface area contributed by atoms with Gasteiger partial charge in [-0.05, 0) is 23.3 Å². The number of methoxy groups -OCH3 is 3. The van der Waals surface area contributed by atoms with Gasteiger partial charge in [0.1, 0.15) is 0 Å². The van der Waals surface area contributed by atoms with Gasteiger partial charge in [0.05, 0.1) is 27.9 Å². The summed E-state index contributed by atoms with van der Waals surface area (Å²) < 4.78 is 16.2. The van der Waals surface area contributed by atoms with Gasteiger partial charge in [-0.25, -0.2) is 0 Å². The second-order valence-electron chi connectivity index (χ2n) is 5.45. The molecule has 130 valence electrons. The summed E-state index contributed by atoms with van der Waals surface area (Å²) >= 11 is 0. The van der Waals surface area contributed by atoms with E-state index in [0.29, 0.717) is 30.3 Å². The minimum atomic E-state index is 0.108. The van der Waals surface area contributed by atoms with Gasteiger partial charge in [-0.2, -0.15) is 0 Å². The number of benzene rings is 2. The molecule has 0 aliphatic heterocycles. The summed E-state index contributed by atoms with van der Waals surface area (Å²) in [6, 6.07) is 14.1. The first-order chi connectivity index (χ1) is 11.7. The molecule has 1 N–H and O–H groups in total. The van der Waals surface area contributed by atoms with Crippen molar-refractivity contribution in [2.24, 2.45) is 0 Å². The number of aliphatic hydroxyl groups is 1. The fraction of sp³-hybridized carbons (Fsp3) is 0.368. The summed E-state index contributed by atoms with van der Waals surface area (Å²) in [6.07, 6.45) is 0. The van der Waals surface area contributed by atoms with E-state index < -0.39 is 0 Å². The number of hydrogen-bond donors (Lipinski definition) is 1. The van der Waals surface area contributed by atoms with Crippen molar-refractivity contribution in [3.8, 4) is 17.2 Å². The second-order valence-corrected chi connectivity index (χ2v) is 5.45. The quantitative estimate of drug-likeness (QED) is 0.766. The third kappa shape index (κ3) is 4.63. The standard InChI is InChI=1S/C19H25NO4/c1-22-17-11-16(12-18(23-2)19(17)24-3)14-20(9-10-21)13-15-7-5-4-6-8-15/h4-8,11-12,21H,9-10,13-14H2,1-3H3. The number of aliphatic hydroxyl groups excluding tert-OH is 1. The summed E-state index contributed by atoms with van der Waals surface area (Å²) in [4.78, 5) is 2.18. The Morgan fingerprint density at radius 1 is 0.833 bits per heavy atom. The topological polar surface area (TPSA) is 51.2 Å². The molecule has 5 nitrogen and oxygen atoms in total. The van der Waals surface area contributed by atoms with Crippen molar-refractivity contribution in [3.63, 3.8) is 0 Å². The van der Waals surface area contributed by atoms with Gasteiger partial charge in [0.2, 0.25) is 5.75 Å². The molecule has 0 bridgehead atoms. The molecule has 2 rings (SSSR count). The van der Waals surface area contributed by atoms with E-state index in [1.54, 1.807) is 21.3 Å². The molecule has 2 aromatic rings. The molecule has 0 fully saturated rings. The fourth-order valence-corrected chi connectivity index (χ4v) is 2.68. The first kappa shape index (κ1) is 18.1. The molecule has 0 aliphatic carbocycles. The molecule has 2 aromatic carbocycles. The summed E-state index contributed by atoms with van der Waals surface area (Å²) in [5.74, 6) is 1.85. The lowest BCUT2D eigenvalue weighted by atomic mass is 10.1. The van der Waals surface area contributed by atoms with Crippen LogP contribution >= 0.6 is 0 Å². The van der Waals surface area contributed by atoms with E-state index in [2.05, 4.69) is 17.0 Å². The zero-order valence-electron chi connectivity index (χ0n) is 14.5. The Bertz CT molecular complexity index is 606. The van der Waals surface area contributed by atoms with Crippen molar-refractivity contribution in [2.75, 3.05) is 34.5 Å². The molecule has 5 heteroatoms. The Morgan fingerprint density at radius 2 is 1.42 bits per heavy atom. The van der Waals surface area contributed by atoms with Gasteiger partial charge in [-0.1, -0.05) is 30.3 Å². The molecule has 0 heterocycles. The van der Waals surface area contributed by atoms with E-state index in [9.17, 15) is 5.11 Å². The summed E-state index contributed by atoms with van der Waals surface area (Å²) in [7, 11) is 4.81. The lowest BCUT2D eigenvalue weighted by Gasteiger charge is -2.23. The molecular weight excluding hydrogens is 306 g/mol. The zero-order chi connectivity index (χ0) is 17.4. The molecule has 0 aromatic heterocycles. The highest BCUT2D eigenvalue weighted by Crippen LogP contribution is 2.38. The van der Waals surface area contributed by atoms with Crippen molar-refractivity contribution in [3.05, 3.63) is 53.6 Å². The molecule has 0 aliphatic rings. The lowest BCUT2D eigenvalue weighted by Crippen LogP contribution is -2.26. The smallest absolute Gasteiger partial charge is 0.203 e. The minimum absolute atomic E-state index is 0.108. The summed E-state index contributed by atoms with van der Waals surface area (Å²) in [6.45, 7) is 2.13. The van der Waals surface area contributed by atoms with Crippen molar-refractivity contribution < 1.29 is 19.3 Å². The molecule has 0 spiro atoms. The highest BCUT2D eigenvalue weighted by molar-refractivity contribution is 5.53. The van der Waals surface area contributed by atoms with Crippen LogP contribution in [-0.4, -0.2) is 44.5 Å². The van der Waals surface area contributed by atoms with Crippen LogP contribution in [0.4, 0.5) is 0 Å². The Hall–Kier alpha value is -2.24. The van der Waals surface area contributed by atoms with Crippen LogP contribution in [0.1, 0.15) is 11.1 Å². The Labute approximate surface area is 143 Å². The van der Waals surface area contributed by atoms with Gasteiger partial charge in [-0.3, -0.25) is 4.90 Å². The SMILES string of the molecule is COc1cc(CN(CCO)Cc2ccccc2)cc(OC)c1OC. The van der Waals surface area contributed by atoms with Crippen molar-refractivity contribution in [1.29, 1.82) is 0 Å². The molecule has 0 unspecified atom stereocenters. The molecular formula is C19H25NO4. The van der Waals surface area contributed by atoms with Crippen LogP contribution in [0.15, 0.2) is 42.5 Å². The van der Waals surface area contributed by atoms with Crippen LogP contribution < -0.4 is 14.2 Å². The fourth-order valence-electron chi connectivity index (χ4n) is 2.68. The van der Waals surface area contributed by atoms with E-state index in [0.717, 1.165) is 12.1 Å². The largest absolute Gasteiger partial charge is 0.493 e. The van der Waals surface area contributed by atoms with Crippen molar-refractivity contribution >= 4 is 0 Å². The van der Waals surface area contributed by atoms with Crippen LogP contribution in [0.2, 0.25) is 0 Å². The van der Waals surface area contributed by atoms with E-state index in [4.69, 9.17) is 14.2 Å². The average Bonchev–Trinajstić information content (AvgIpc) is 2.61. The summed E-state index contributed by atoms with van der Waals surface area (Å²) in [5.41, 5.74) is 2.24. The Kier molecular flexibility index (Phi) is 6.90. The van der Waals surface area contributed by atoms with Crippen LogP contribution in [0.3, 0.4) is 0 Å². The van der Waals surface area contributed by atoms with E-state index in [1.165, 1.54) is 5.56 Å². The van der Waals surface area contributed by atoms with Gasteiger partial charge >= 0.3 is 0 Å². The number of nitrogens with zero attached hydrogens (tertiary/aromatic N) is 1. The second kappa shape index (κ2) is 9.15. The maximum Gasteiger partial charge on any atom is 0.203 e. The molecule has 24 heavy (non-hydrogen) atoms. The normalized spacial score (nSPS) is 10.7.